The predicted molar refractivity (Wildman–Crippen MR) is 87.7 cm³/mol. The third-order valence-electron chi connectivity index (χ3n) is 3.57. The van der Waals surface area contributed by atoms with Crippen molar-refractivity contribution in [2.24, 2.45) is 0 Å². The van der Waals surface area contributed by atoms with Crippen molar-refractivity contribution in [3.05, 3.63) is 69.8 Å². The Morgan fingerprint density at radius 2 is 1.74 bits per heavy atom. The van der Waals surface area contributed by atoms with Crippen LogP contribution < -0.4 is 4.72 Å². The Labute approximate surface area is 135 Å². The topological polar surface area (TPSA) is 89.3 Å². The molecule has 0 aromatic heterocycles. The number of rotatable bonds is 6. The van der Waals surface area contributed by atoms with Crippen LogP contribution in [0, 0.1) is 10.1 Å². The van der Waals surface area contributed by atoms with Crippen molar-refractivity contribution in [1.29, 1.82) is 0 Å². The molecule has 0 aliphatic heterocycles. The Hall–Kier alpha value is -2.25. The number of para-hydroxylation sites is 1. The average molecular weight is 334 g/mol. The van der Waals surface area contributed by atoms with Crippen molar-refractivity contribution < 1.29 is 13.3 Å². The van der Waals surface area contributed by atoms with E-state index in [1.807, 2.05) is 31.2 Å². The van der Waals surface area contributed by atoms with Gasteiger partial charge in [-0.3, -0.25) is 10.1 Å². The van der Waals surface area contributed by atoms with Gasteiger partial charge in [0.15, 0.2) is 4.90 Å². The summed E-state index contributed by atoms with van der Waals surface area (Å²) in [5.41, 5.74) is 1.51. The number of nitrogens with zero attached hydrogens (tertiary/aromatic N) is 1. The molecule has 0 spiro atoms. The number of hydrogen-bond acceptors (Lipinski definition) is 4. The molecule has 1 unspecified atom stereocenters. The maximum Gasteiger partial charge on any atom is 0.289 e. The highest BCUT2D eigenvalue weighted by Gasteiger charge is 2.26. The van der Waals surface area contributed by atoms with E-state index in [0.717, 1.165) is 17.5 Å². The molecule has 0 bridgehead atoms. The van der Waals surface area contributed by atoms with E-state index < -0.39 is 26.7 Å². The molecule has 2 rings (SSSR count). The van der Waals surface area contributed by atoms with Gasteiger partial charge in [0.1, 0.15) is 0 Å². The number of nitrogens with one attached hydrogen (secondary N) is 1. The highest BCUT2D eigenvalue weighted by atomic mass is 32.2. The molecule has 6 nitrogen and oxygen atoms in total. The fraction of sp³-hybridized carbons (Fsp3) is 0.250. The van der Waals surface area contributed by atoms with E-state index in [4.69, 9.17) is 0 Å². The van der Waals surface area contributed by atoms with Crippen LogP contribution in [0.3, 0.4) is 0 Å². The van der Waals surface area contributed by atoms with Gasteiger partial charge in [0.25, 0.3) is 5.69 Å². The van der Waals surface area contributed by atoms with Crippen LogP contribution >= 0.6 is 0 Å². The fourth-order valence-corrected chi connectivity index (χ4v) is 3.65. The van der Waals surface area contributed by atoms with E-state index in [9.17, 15) is 18.5 Å². The van der Waals surface area contributed by atoms with Gasteiger partial charge in [0.2, 0.25) is 10.0 Å². The van der Waals surface area contributed by atoms with Gasteiger partial charge in [-0.1, -0.05) is 43.3 Å². The minimum atomic E-state index is -3.99. The van der Waals surface area contributed by atoms with Gasteiger partial charge in [0, 0.05) is 12.1 Å². The lowest BCUT2D eigenvalue weighted by Gasteiger charge is -2.15. The van der Waals surface area contributed by atoms with Gasteiger partial charge in [-0.05, 0) is 30.5 Å². The number of nitro groups is 1. The van der Waals surface area contributed by atoms with Gasteiger partial charge in [0.05, 0.1) is 4.92 Å². The number of hydrogen-bond donors (Lipinski definition) is 1. The van der Waals surface area contributed by atoms with E-state index in [0.29, 0.717) is 0 Å². The van der Waals surface area contributed by atoms with Crippen LogP contribution in [0.1, 0.15) is 31.0 Å². The summed E-state index contributed by atoms with van der Waals surface area (Å²) in [4.78, 5) is 9.98. The third-order valence-corrected chi connectivity index (χ3v) is 5.16. The highest BCUT2D eigenvalue weighted by Crippen LogP contribution is 2.25. The van der Waals surface area contributed by atoms with Crippen molar-refractivity contribution in [3.63, 3.8) is 0 Å². The van der Waals surface area contributed by atoms with Gasteiger partial charge in [-0.25, -0.2) is 13.1 Å². The largest absolute Gasteiger partial charge is 0.289 e. The lowest BCUT2D eigenvalue weighted by Crippen LogP contribution is -2.27. The maximum atomic E-state index is 12.4. The van der Waals surface area contributed by atoms with Crippen LogP contribution in [-0.4, -0.2) is 13.3 Å². The highest BCUT2D eigenvalue weighted by molar-refractivity contribution is 7.89. The van der Waals surface area contributed by atoms with Crippen LogP contribution in [0.15, 0.2) is 53.4 Å². The lowest BCUT2D eigenvalue weighted by molar-refractivity contribution is -0.387. The maximum absolute atomic E-state index is 12.4. The average Bonchev–Trinajstić information content (AvgIpc) is 2.54. The summed E-state index contributed by atoms with van der Waals surface area (Å²) in [6, 6.07) is 12.4. The quantitative estimate of drug-likeness (QED) is 0.649. The zero-order valence-corrected chi connectivity index (χ0v) is 13.7. The Bertz CT molecular complexity index is 801. The van der Waals surface area contributed by atoms with Crippen molar-refractivity contribution in [1.82, 2.24) is 4.72 Å². The second kappa shape index (κ2) is 6.89. The molecule has 0 aliphatic rings. The van der Waals surface area contributed by atoms with Crippen molar-refractivity contribution >= 4 is 15.7 Å². The number of nitro benzene ring substituents is 1. The SMILES string of the molecule is CCc1ccc(C(C)NS(=O)(=O)c2ccccc2[N+](=O)[O-])cc1. The second-order valence-corrected chi connectivity index (χ2v) is 6.85. The molecule has 23 heavy (non-hydrogen) atoms. The third kappa shape index (κ3) is 3.94. The monoisotopic (exact) mass is 334 g/mol. The molecule has 0 aliphatic carbocycles. The Kier molecular flexibility index (Phi) is 5.12. The minimum Gasteiger partial charge on any atom is -0.258 e. The first-order chi connectivity index (χ1) is 10.8. The molecule has 2 aromatic rings. The van der Waals surface area contributed by atoms with E-state index in [2.05, 4.69) is 4.72 Å². The molecule has 0 saturated carbocycles. The molecule has 0 saturated heterocycles. The van der Waals surface area contributed by atoms with Crippen molar-refractivity contribution in [2.75, 3.05) is 0 Å². The summed E-state index contributed by atoms with van der Waals surface area (Å²) < 4.78 is 27.4. The summed E-state index contributed by atoms with van der Waals surface area (Å²) in [5, 5.41) is 11.0. The van der Waals surface area contributed by atoms with Crippen LogP contribution in [0.25, 0.3) is 0 Å². The normalized spacial score (nSPS) is 12.8. The molecule has 1 atom stereocenters. The van der Waals surface area contributed by atoms with Gasteiger partial charge in [-0.2, -0.15) is 0 Å². The molecule has 0 amide bonds. The van der Waals surface area contributed by atoms with E-state index in [1.165, 1.54) is 24.3 Å². The summed E-state index contributed by atoms with van der Waals surface area (Å²) in [6.45, 7) is 3.74. The van der Waals surface area contributed by atoms with Gasteiger partial charge >= 0.3 is 0 Å². The molecule has 122 valence electrons. The number of aryl methyl sites for hydroxylation is 1. The van der Waals surface area contributed by atoms with Crippen LogP contribution in [0.2, 0.25) is 0 Å². The van der Waals surface area contributed by atoms with Crippen molar-refractivity contribution in [2.45, 2.75) is 31.2 Å². The van der Waals surface area contributed by atoms with Crippen LogP contribution in [0.5, 0.6) is 0 Å². The molecule has 0 heterocycles. The van der Waals surface area contributed by atoms with E-state index in [-0.39, 0.29) is 4.90 Å². The summed E-state index contributed by atoms with van der Waals surface area (Å²) in [5.74, 6) is 0. The molecule has 0 fully saturated rings. The van der Waals surface area contributed by atoms with Crippen LogP contribution in [0.4, 0.5) is 5.69 Å². The van der Waals surface area contributed by atoms with Crippen molar-refractivity contribution in [3.8, 4) is 0 Å². The molecule has 1 N–H and O–H groups in total. The smallest absolute Gasteiger partial charge is 0.258 e. The first-order valence-electron chi connectivity index (χ1n) is 7.19. The molecular formula is C16H18N2O4S. The predicted octanol–water partition coefficient (Wildman–Crippen LogP) is 3.20. The standard InChI is InChI=1S/C16H18N2O4S/c1-3-13-8-10-14(11-9-13)12(2)17-23(21,22)16-7-5-4-6-15(16)18(19)20/h4-12,17H,3H2,1-2H3. The zero-order chi connectivity index (χ0) is 17.0. The second-order valence-electron chi connectivity index (χ2n) is 5.16. The fourth-order valence-electron chi connectivity index (χ4n) is 2.24. The number of sulfonamides is 1. The number of benzene rings is 2. The first kappa shape index (κ1) is 17.1. The van der Waals surface area contributed by atoms with Gasteiger partial charge in [-0.15, -0.1) is 0 Å². The molecular weight excluding hydrogens is 316 g/mol. The summed E-state index contributed by atoms with van der Waals surface area (Å²) >= 11 is 0. The van der Waals surface area contributed by atoms with Gasteiger partial charge < -0.3 is 0 Å². The van der Waals surface area contributed by atoms with E-state index >= 15 is 0 Å². The molecule has 0 radical (unpaired) electrons. The zero-order valence-electron chi connectivity index (χ0n) is 12.9. The lowest BCUT2D eigenvalue weighted by atomic mass is 10.1. The Morgan fingerprint density at radius 1 is 1.13 bits per heavy atom. The first-order valence-corrected chi connectivity index (χ1v) is 8.68. The Morgan fingerprint density at radius 3 is 2.30 bits per heavy atom. The summed E-state index contributed by atoms with van der Waals surface area (Å²) in [7, 11) is -3.99. The van der Waals surface area contributed by atoms with Crippen LogP contribution in [-0.2, 0) is 16.4 Å². The molecule has 2 aromatic carbocycles. The minimum absolute atomic E-state index is 0.331. The Balaban J connectivity index is 2.28. The summed E-state index contributed by atoms with van der Waals surface area (Å²) in [6.07, 6.45) is 0.899. The molecule has 7 heteroatoms. The van der Waals surface area contributed by atoms with E-state index in [1.54, 1.807) is 6.92 Å².